The highest BCUT2D eigenvalue weighted by atomic mass is 16.5. The van der Waals surface area contributed by atoms with Crippen LogP contribution in [0, 0.1) is 0 Å². The third kappa shape index (κ3) is 3.24. The molecule has 0 bridgehead atoms. The van der Waals surface area contributed by atoms with Crippen molar-refractivity contribution in [1.29, 1.82) is 0 Å². The molecule has 0 aliphatic heterocycles. The quantitative estimate of drug-likeness (QED) is 0.692. The Kier molecular flexibility index (Phi) is 3.91. The minimum Gasteiger partial charge on any atom is -0.461 e. The second kappa shape index (κ2) is 6.00. The number of ether oxygens (including phenoxy) is 1. The number of benzene rings is 2. The van der Waals surface area contributed by atoms with Gasteiger partial charge in [-0.15, -0.1) is 0 Å². The topological polar surface area (TPSA) is 52.3 Å². The van der Waals surface area contributed by atoms with Gasteiger partial charge < -0.3 is 10.5 Å². The van der Waals surface area contributed by atoms with Crippen LogP contribution in [-0.4, -0.2) is 5.97 Å². The zero-order valence-electron chi connectivity index (χ0n) is 12.0. The number of carbonyl (C=O) groups is 1. The summed E-state index contributed by atoms with van der Waals surface area (Å²) in [5.74, 6) is -0.242. The van der Waals surface area contributed by atoms with Crippen LogP contribution in [0.3, 0.4) is 0 Å². The van der Waals surface area contributed by atoms with Gasteiger partial charge in [-0.3, -0.25) is 4.79 Å². The van der Waals surface area contributed by atoms with Gasteiger partial charge in [0.05, 0.1) is 6.42 Å². The van der Waals surface area contributed by atoms with Crippen molar-refractivity contribution in [2.45, 2.75) is 32.3 Å². The molecule has 0 unspecified atom stereocenters. The summed E-state index contributed by atoms with van der Waals surface area (Å²) in [6.07, 6.45) is 3.75. The molecule has 2 aromatic carbocycles. The van der Waals surface area contributed by atoms with Gasteiger partial charge in [-0.25, -0.2) is 0 Å². The second-order valence-corrected chi connectivity index (χ2v) is 5.49. The predicted octanol–water partition coefficient (Wildman–Crippen LogP) is 3.04. The van der Waals surface area contributed by atoms with E-state index in [-0.39, 0.29) is 12.4 Å². The van der Waals surface area contributed by atoms with Crippen molar-refractivity contribution in [2.24, 2.45) is 0 Å². The van der Waals surface area contributed by atoms with Crippen LogP contribution < -0.4 is 5.73 Å². The van der Waals surface area contributed by atoms with Gasteiger partial charge in [-0.1, -0.05) is 36.4 Å². The van der Waals surface area contributed by atoms with Gasteiger partial charge in [0, 0.05) is 5.69 Å². The van der Waals surface area contributed by atoms with Crippen LogP contribution in [-0.2, 0) is 35.4 Å². The Hall–Kier alpha value is -2.29. The summed E-state index contributed by atoms with van der Waals surface area (Å²) in [5, 5.41) is 0. The number of hydrogen-bond donors (Lipinski definition) is 1. The first-order valence-corrected chi connectivity index (χ1v) is 7.32. The molecule has 0 heterocycles. The number of para-hydroxylation sites is 1. The summed E-state index contributed by atoms with van der Waals surface area (Å²) in [5.41, 5.74) is 11.2. The first-order chi connectivity index (χ1) is 10.2. The zero-order valence-corrected chi connectivity index (χ0v) is 12.0. The molecule has 108 valence electrons. The van der Waals surface area contributed by atoms with E-state index in [1.54, 1.807) is 6.07 Å². The maximum atomic E-state index is 11.9. The lowest BCUT2D eigenvalue weighted by Crippen LogP contribution is -2.09. The van der Waals surface area contributed by atoms with Crippen LogP contribution in [0.1, 0.15) is 28.7 Å². The molecule has 0 atom stereocenters. The summed E-state index contributed by atoms with van der Waals surface area (Å²) >= 11 is 0. The summed E-state index contributed by atoms with van der Waals surface area (Å²) in [4.78, 5) is 11.9. The van der Waals surface area contributed by atoms with Gasteiger partial charge >= 0.3 is 5.97 Å². The Balaban J connectivity index is 1.58. The van der Waals surface area contributed by atoms with E-state index in [0.717, 1.165) is 17.5 Å². The van der Waals surface area contributed by atoms with E-state index in [2.05, 4.69) is 12.1 Å². The maximum absolute atomic E-state index is 11.9. The van der Waals surface area contributed by atoms with Gasteiger partial charge in [0.15, 0.2) is 0 Å². The molecule has 3 rings (SSSR count). The van der Waals surface area contributed by atoms with Crippen molar-refractivity contribution < 1.29 is 9.53 Å². The molecule has 0 aromatic heterocycles. The van der Waals surface area contributed by atoms with Gasteiger partial charge in [-0.2, -0.15) is 0 Å². The molecule has 3 heteroatoms. The number of aryl methyl sites for hydroxylation is 2. The number of nitrogens with two attached hydrogens (primary N) is 1. The van der Waals surface area contributed by atoms with Crippen molar-refractivity contribution in [3.05, 3.63) is 64.7 Å². The number of anilines is 1. The molecule has 0 saturated heterocycles. The zero-order chi connectivity index (χ0) is 14.7. The number of rotatable bonds is 4. The molecule has 0 saturated carbocycles. The summed E-state index contributed by atoms with van der Waals surface area (Å²) in [6, 6.07) is 13.7. The number of hydrogen-bond acceptors (Lipinski definition) is 3. The number of nitrogen functional groups attached to an aromatic ring is 1. The van der Waals surface area contributed by atoms with E-state index >= 15 is 0 Å². The summed E-state index contributed by atoms with van der Waals surface area (Å²) in [7, 11) is 0. The first-order valence-electron chi connectivity index (χ1n) is 7.32. The molecular formula is C18H19NO2. The third-order valence-corrected chi connectivity index (χ3v) is 3.95. The molecule has 1 aliphatic rings. The summed E-state index contributed by atoms with van der Waals surface area (Å²) < 4.78 is 5.35. The molecule has 0 radical (unpaired) electrons. The Morgan fingerprint density at radius 2 is 1.90 bits per heavy atom. The minimum atomic E-state index is -0.242. The van der Waals surface area contributed by atoms with Crippen LogP contribution in [0.25, 0.3) is 0 Å². The lowest BCUT2D eigenvalue weighted by molar-refractivity contribution is -0.144. The van der Waals surface area contributed by atoms with Gasteiger partial charge in [0.2, 0.25) is 0 Å². The van der Waals surface area contributed by atoms with Crippen molar-refractivity contribution in [3.8, 4) is 0 Å². The Morgan fingerprint density at radius 3 is 2.76 bits per heavy atom. The van der Waals surface area contributed by atoms with Gasteiger partial charge in [0.25, 0.3) is 0 Å². The van der Waals surface area contributed by atoms with Crippen LogP contribution in [0.5, 0.6) is 0 Å². The molecular weight excluding hydrogens is 262 g/mol. The molecule has 1 aliphatic carbocycles. The van der Waals surface area contributed by atoms with E-state index in [9.17, 15) is 4.79 Å². The van der Waals surface area contributed by atoms with Crippen molar-refractivity contribution >= 4 is 11.7 Å². The molecule has 2 N–H and O–H groups in total. The van der Waals surface area contributed by atoms with Gasteiger partial charge in [0.1, 0.15) is 6.61 Å². The fourth-order valence-electron chi connectivity index (χ4n) is 2.78. The van der Waals surface area contributed by atoms with Crippen LogP contribution in [0.15, 0.2) is 42.5 Å². The highest BCUT2D eigenvalue weighted by molar-refractivity contribution is 5.74. The Morgan fingerprint density at radius 1 is 1.10 bits per heavy atom. The van der Waals surface area contributed by atoms with E-state index < -0.39 is 0 Å². The molecule has 3 nitrogen and oxygen atoms in total. The molecule has 0 spiro atoms. The average Bonchev–Trinajstić information content (AvgIpc) is 2.95. The van der Waals surface area contributed by atoms with E-state index in [1.165, 1.54) is 24.0 Å². The van der Waals surface area contributed by atoms with Gasteiger partial charge in [-0.05, 0) is 47.6 Å². The highest BCUT2D eigenvalue weighted by Gasteiger charge is 2.12. The molecule has 0 fully saturated rings. The lowest BCUT2D eigenvalue weighted by atomic mass is 10.1. The number of carbonyl (C=O) groups excluding carboxylic acids is 1. The fourth-order valence-corrected chi connectivity index (χ4v) is 2.78. The molecule has 21 heavy (non-hydrogen) atoms. The number of fused-ring (bicyclic) bond motifs is 1. The second-order valence-electron chi connectivity index (χ2n) is 5.49. The first kappa shape index (κ1) is 13.7. The minimum absolute atomic E-state index is 0.220. The average molecular weight is 281 g/mol. The smallest absolute Gasteiger partial charge is 0.310 e. The van der Waals surface area contributed by atoms with Crippen molar-refractivity contribution in [3.63, 3.8) is 0 Å². The fraction of sp³-hybridized carbons (Fsp3) is 0.278. The third-order valence-electron chi connectivity index (χ3n) is 3.95. The Labute approximate surface area is 124 Å². The predicted molar refractivity (Wildman–Crippen MR) is 82.8 cm³/mol. The normalized spacial score (nSPS) is 13.0. The van der Waals surface area contributed by atoms with Crippen LogP contribution in [0.2, 0.25) is 0 Å². The van der Waals surface area contributed by atoms with Crippen molar-refractivity contribution in [1.82, 2.24) is 0 Å². The summed E-state index contributed by atoms with van der Waals surface area (Å²) in [6.45, 7) is 0.332. The van der Waals surface area contributed by atoms with Crippen LogP contribution in [0.4, 0.5) is 5.69 Å². The van der Waals surface area contributed by atoms with E-state index in [4.69, 9.17) is 10.5 Å². The standard InChI is InChI=1S/C18H19NO2/c19-17-7-2-1-4-16(17)11-18(20)21-12-13-8-9-14-5-3-6-15(14)10-13/h1-2,4,7-10H,3,5-6,11-12,19H2. The number of esters is 1. The van der Waals surface area contributed by atoms with Crippen molar-refractivity contribution in [2.75, 3.05) is 5.73 Å². The maximum Gasteiger partial charge on any atom is 0.310 e. The van der Waals surface area contributed by atoms with E-state index in [1.807, 2.05) is 24.3 Å². The monoisotopic (exact) mass is 281 g/mol. The Bertz CT molecular complexity index is 664. The SMILES string of the molecule is Nc1ccccc1CC(=O)OCc1ccc2c(c1)CCC2. The van der Waals surface area contributed by atoms with E-state index in [0.29, 0.717) is 12.3 Å². The molecule has 2 aromatic rings. The molecule has 0 amide bonds. The lowest BCUT2D eigenvalue weighted by Gasteiger charge is -2.08. The van der Waals surface area contributed by atoms with Crippen LogP contribution >= 0.6 is 0 Å². The largest absolute Gasteiger partial charge is 0.461 e. The highest BCUT2D eigenvalue weighted by Crippen LogP contribution is 2.23.